The lowest BCUT2D eigenvalue weighted by molar-refractivity contribution is -0.146. The van der Waals surface area contributed by atoms with E-state index < -0.39 is 5.60 Å². The van der Waals surface area contributed by atoms with Gasteiger partial charge in [-0.05, 0) is 37.7 Å². The first-order valence-corrected chi connectivity index (χ1v) is 11.3. The molecule has 2 saturated heterocycles. The summed E-state index contributed by atoms with van der Waals surface area (Å²) in [6, 6.07) is 10.0. The van der Waals surface area contributed by atoms with E-state index >= 15 is 0 Å². The van der Waals surface area contributed by atoms with E-state index in [1.165, 1.54) is 0 Å². The minimum Gasteiger partial charge on any atom is -0.376 e. The second kappa shape index (κ2) is 9.02. The summed E-state index contributed by atoms with van der Waals surface area (Å²) in [6.07, 6.45) is 6.49. The summed E-state index contributed by atoms with van der Waals surface area (Å²) in [4.78, 5) is 24.0. The monoisotopic (exact) mass is 423 g/mol. The van der Waals surface area contributed by atoms with Crippen LogP contribution in [0, 0.1) is 0 Å². The molecule has 7 nitrogen and oxygen atoms in total. The molecule has 3 aliphatic rings. The van der Waals surface area contributed by atoms with Crippen molar-refractivity contribution >= 4 is 5.91 Å². The van der Waals surface area contributed by atoms with Crippen molar-refractivity contribution < 1.29 is 19.0 Å². The second-order valence-electron chi connectivity index (χ2n) is 8.56. The number of rotatable bonds is 5. The number of likely N-dealkylation sites (tertiary alicyclic amines) is 1. The van der Waals surface area contributed by atoms with Gasteiger partial charge in [0.25, 0.3) is 0 Å². The molecule has 2 aromatic rings. The lowest BCUT2D eigenvalue weighted by Gasteiger charge is -2.44. The molecule has 31 heavy (non-hydrogen) atoms. The number of amides is 1. The molecule has 5 rings (SSSR count). The molecule has 2 fully saturated rings. The summed E-state index contributed by atoms with van der Waals surface area (Å²) >= 11 is 0. The second-order valence-corrected chi connectivity index (χ2v) is 8.56. The van der Waals surface area contributed by atoms with E-state index in [0.29, 0.717) is 26.3 Å². The number of benzene rings is 1. The van der Waals surface area contributed by atoms with E-state index in [-0.39, 0.29) is 18.6 Å². The summed E-state index contributed by atoms with van der Waals surface area (Å²) < 4.78 is 17.5. The SMILES string of the molecule is O=C(COCC1CCCO1)N1CCC2(CC1)OCCc1cnc(-c3ccccc3)nc12. The van der Waals surface area contributed by atoms with Crippen molar-refractivity contribution in [1.82, 2.24) is 14.9 Å². The van der Waals surface area contributed by atoms with E-state index in [1.54, 1.807) is 0 Å². The Labute approximate surface area is 182 Å². The van der Waals surface area contributed by atoms with Crippen molar-refractivity contribution in [2.24, 2.45) is 0 Å². The molecule has 1 aromatic carbocycles. The standard InChI is InChI=1S/C24H29N3O4/c28-21(17-29-16-20-7-4-13-30-20)27-11-9-24(10-12-27)22-19(8-14-31-24)15-25-23(26-22)18-5-2-1-3-6-18/h1-3,5-6,15,20H,4,7-14,16-17H2. The molecule has 0 bridgehead atoms. The smallest absolute Gasteiger partial charge is 0.248 e. The molecule has 4 heterocycles. The number of carbonyl (C=O) groups is 1. The van der Waals surface area contributed by atoms with Gasteiger partial charge in [-0.3, -0.25) is 4.79 Å². The minimum atomic E-state index is -0.435. The third kappa shape index (κ3) is 4.35. The van der Waals surface area contributed by atoms with Crippen LogP contribution in [0.2, 0.25) is 0 Å². The van der Waals surface area contributed by atoms with Crippen LogP contribution in [0.3, 0.4) is 0 Å². The highest BCUT2D eigenvalue weighted by molar-refractivity contribution is 5.77. The first-order chi connectivity index (χ1) is 15.2. The van der Waals surface area contributed by atoms with Crippen molar-refractivity contribution in [3.63, 3.8) is 0 Å². The van der Waals surface area contributed by atoms with Gasteiger partial charge in [-0.15, -0.1) is 0 Å². The Morgan fingerprint density at radius 2 is 2.03 bits per heavy atom. The first-order valence-electron chi connectivity index (χ1n) is 11.3. The third-order valence-corrected chi connectivity index (χ3v) is 6.55. The van der Waals surface area contributed by atoms with Gasteiger partial charge >= 0.3 is 0 Å². The maximum Gasteiger partial charge on any atom is 0.248 e. The Kier molecular flexibility index (Phi) is 5.98. The maximum atomic E-state index is 12.6. The molecule has 164 valence electrons. The number of fused-ring (bicyclic) bond motifs is 2. The number of ether oxygens (including phenoxy) is 3. The van der Waals surface area contributed by atoms with Crippen molar-refractivity contribution in [2.75, 3.05) is 39.5 Å². The highest BCUT2D eigenvalue weighted by Gasteiger charge is 2.43. The van der Waals surface area contributed by atoms with Crippen LogP contribution < -0.4 is 0 Å². The first kappa shape index (κ1) is 20.5. The molecule has 1 atom stereocenters. The molecule has 1 spiro atoms. The van der Waals surface area contributed by atoms with Gasteiger partial charge < -0.3 is 19.1 Å². The Hall–Kier alpha value is -2.35. The van der Waals surface area contributed by atoms with Crippen LogP contribution in [-0.2, 0) is 31.0 Å². The third-order valence-electron chi connectivity index (χ3n) is 6.55. The number of piperidine rings is 1. The Balaban J connectivity index is 1.24. The summed E-state index contributed by atoms with van der Waals surface area (Å²) in [5.41, 5.74) is 2.72. The molecular formula is C24H29N3O4. The molecule has 0 radical (unpaired) electrons. The van der Waals surface area contributed by atoms with Gasteiger partial charge in [0.1, 0.15) is 12.2 Å². The Morgan fingerprint density at radius 3 is 2.81 bits per heavy atom. The van der Waals surface area contributed by atoms with Gasteiger partial charge in [0.15, 0.2) is 5.82 Å². The molecule has 1 unspecified atom stereocenters. The van der Waals surface area contributed by atoms with Gasteiger partial charge in [-0.25, -0.2) is 9.97 Å². The lowest BCUT2D eigenvalue weighted by atomic mass is 9.83. The zero-order valence-corrected chi connectivity index (χ0v) is 17.8. The Bertz CT molecular complexity index is 906. The molecule has 3 aliphatic heterocycles. The quantitative estimate of drug-likeness (QED) is 0.736. The normalized spacial score (nSPS) is 22.5. The number of hydrogen-bond donors (Lipinski definition) is 0. The number of aromatic nitrogens is 2. The molecule has 1 aromatic heterocycles. The van der Waals surface area contributed by atoms with E-state index in [2.05, 4.69) is 4.98 Å². The highest BCUT2D eigenvalue weighted by atomic mass is 16.5. The van der Waals surface area contributed by atoms with Gasteiger partial charge in [0.2, 0.25) is 5.91 Å². The zero-order chi connectivity index (χ0) is 21.1. The fourth-order valence-corrected chi connectivity index (χ4v) is 4.78. The van der Waals surface area contributed by atoms with Crippen LogP contribution in [0.25, 0.3) is 11.4 Å². The lowest BCUT2D eigenvalue weighted by Crippen LogP contribution is -2.49. The molecule has 0 N–H and O–H groups in total. The van der Waals surface area contributed by atoms with Crippen molar-refractivity contribution in [3.05, 3.63) is 47.8 Å². The average Bonchev–Trinajstić information content (AvgIpc) is 3.34. The average molecular weight is 424 g/mol. The number of carbonyl (C=O) groups excluding carboxylic acids is 1. The number of nitrogens with zero attached hydrogens (tertiary/aromatic N) is 3. The van der Waals surface area contributed by atoms with Crippen LogP contribution in [0.1, 0.15) is 36.9 Å². The number of hydrogen-bond acceptors (Lipinski definition) is 6. The van der Waals surface area contributed by atoms with Gasteiger partial charge in [0.05, 0.1) is 25.0 Å². The van der Waals surface area contributed by atoms with Gasteiger partial charge in [-0.2, -0.15) is 0 Å². The maximum absolute atomic E-state index is 12.6. The van der Waals surface area contributed by atoms with Gasteiger partial charge in [0, 0.05) is 31.5 Å². The van der Waals surface area contributed by atoms with Crippen LogP contribution in [0.5, 0.6) is 0 Å². The fourth-order valence-electron chi connectivity index (χ4n) is 4.78. The van der Waals surface area contributed by atoms with Crippen molar-refractivity contribution in [1.29, 1.82) is 0 Å². The molecule has 0 aliphatic carbocycles. The predicted molar refractivity (Wildman–Crippen MR) is 114 cm³/mol. The summed E-state index contributed by atoms with van der Waals surface area (Å²) in [5, 5.41) is 0. The molecule has 7 heteroatoms. The van der Waals surface area contributed by atoms with E-state index in [0.717, 1.165) is 61.4 Å². The van der Waals surface area contributed by atoms with E-state index in [4.69, 9.17) is 19.2 Å². The summed E-state index contributed by atoms with van der Waals surface area (Å²) in [5.74, 6) is 0.766. The highest BCUT2D eigenvalue weighted by Crippen LogP contribution is 2.40. The summed E-state index contributed by atoms with van der Waals surface area (Å²) in [6.45, 7) is 3.37. The minimum absolute atomic E-state index is 0.0385. The topological polar surface area (TPSA) is 73.8 Å². The van der Waals surface area contributed by atoms with Crippen LogP contribution >= 0.6 is 0 Å². The van der Waals surface area contributed by atoms with Crippen LogP contribution in [0.4, 0.5) is 0 Å². The zero-order valence-electron chi connectivity index (χ0n) is 17.8. The molecule has 0 saturated carbocycles. The predicted octanol–water partition coefficient (Wildman–Crippen LogP) is 2.73. The summed E-state index contributed by atoms with van der Waals surface area (Å²) in [7, 11) is 0. The van der Waals surface area contributed by atoms with Gasteiger partial charge in [-0.1, -0.05) is 30.3 Å². The largest absolute Gasteiger partial charge is 0.376 e. The van der Waals surface area contributed by atoms with E-state index in [1.807, 2.05) is 41.4 Å². The van der Waals surface area contributed by atoms with Crippen molar-refractivity contribution in [2.45, 2.75) is 43.8 Å². The fraction of sp³-hybridized carbons (Fsp3) is 0.542. The van der Waals surface area contributed by atoms with Crippen LogP contribution in [-0.4, -0.2) is 66.4 Å². The molecular weight excluding hydrogens is 394 g/mol. The Morgan fingerprint density at radius 1 is 1.19 bits per heavy atom. The molecule has 1 amide bonds. The van der Waals surface area contributed by atoms with E-state index in [9.17, 15) is 4.79 Å². The van der Waals surface area contributed by atoms with Crippen LogP contribution in [0.15, 0.2) is 36.5 Å². The van der Waals surface area contributed by atoms with Crippen molar-refractivity contribution in [3.8, 4) is 11.4 Å².